The number of esters is 1. The van der Waals surface area contributed by atoms with E-state index < -0.39 is 17.0 Å². The number of ether oxygens (including phenoxy) is 2. The van der Waals surface area contributed by atoms with E-state index in [1.807, 2.05) is 24.7 Å². The molecule has 32 heavy (non-hydrogen) atoms. The summed E-state index contributed by atoms with van der Waals surface area (Å²) in [5.74, 6) is -0.0876. The summed E-state index contributed by atoms with van der Waals surface area (Å²) in [4.78, 5) is 25.6. The van der Waals surface area contributed by atoms with Crippen LogP contribution < -0.4 is 15.6 Å². The summed E-state index contributed by atoms with van der Waals surface area (Å²) in [6.45, 7) is 13.0. The van der Waals surface area contributed by atoms with Gasteiger partial charge in [0.15, 0.2) is 0 Å². The molecule has 0 spiro atoms. The summed E-state index contributed by atoms with van der Waals surface area (Å²) < 4.78 is 24.0. The van der Waals surface area contributed by atoms with Gasteiger partial charge in [-0.1, -0.05) is 20.8 Å². The Balaban J connectivity index is 2.62. The standard InChI is InChI=1S/C23H33BNO6S/c1-9-29-21(27)16-14-25(10-11-30-32-8)18-13-19(28-7)17(12-15(18)20(16)26)24-31-23(5,6)22(2,3)4/h12-14H,9-11H2,1-8H3. The molecule has 0 unspecified atom stereocenters. The normalized spacial score (nSPS) is 12.1. The number of carbonyl (C=O) groups excluding carboxylic acids is 1. The Kier molecular flexibility index (Phi) is 8.85. The van der Waals surface area contributed by atoms with Gasteiger partial charge in [-0.05, 0) is 49.8 Å². The fraction of sp³-hybridized carbons (Fsp3) is 0.565. The van der Waals surface area contributed by atoms with Gasteiger partial charge in [-0.2, -0.15) is 0 Å². The maximum Gasteiger partial charge on any atom is 0.343 e. The van der Waals surface area contributed by atoms with E-state index in [9.17, 15) is 9.59 Å². The Labute approximate surface area is 195 Å². The van der Waals surface area contributed by atoms with Gasteiger partial charge in [0, 0.05) is 30.4 Å². The molecule has 0 bridgehead atoms. The Bertz CT molecular complexity index is 1010. The third kappa shape index (κ3) is 5.88. The smallest absolute Gasteiger partial charge is 0.343 e. The lowest BCUT2D eigenvalue weighted by Gasteiger charge is -2.39. The molecule has 2 rings (SSSR count). The minimum Gasteiger partial charge on any atom is -0.497 e. The highest BCUT2D eigenvalue weighted by Gasteiger charge is 2.34. The largest absolute Gasteiger partial charge is 0.497 e. The second kappa shape index (κ2) is 10.8. The number of aromatic nitrogens is 1. The van der Waals surface area contributed by atoms with Gasteiger partial charge in [-0.15, -0.1) is 0 Å². The molecular formula is C23H33BNO6S. The van der Waals surface area contributed by atoms with E-state index in [1.54, 1.807) is 33.6 Å². The van der Waals surface area contributed by atoms with Gasteiger partial charge >= 0.3 is 13.5 Å². The van der Waals surface area contributed by atoms with Crippen molar-refractivity contribution in [1.29, 1.82) is 0 Å². The molecule has 0 fully saturated rings. The first kappa shape index (κ1) is 26.3. The van der Waals surface area contributed by atoms with Crippen molar-refractivity contribution in [2.24, 2.45) is 5.41 Å². The average molecular weight is 462 g/mol. The summed E-state index contributed by atoms with van der Waals surface area (Å²) in [5.41, 5.74) is 0.256. The van der Waals surface area contributed by atoms with Crippen molar-refractivity contribution in [1.82, 2.24) is 4.57 Å². The number of pyridine rings is 1. The fourth-order valence-corrected chi connectivity index (χ4v) is 3.09. The molecule has 0 saturated heterocycles. The molecule has 1 radical (unpaired) electrons. The quantitative estimate of drug-likeness (QED) is 0.231. The molecule has 0 saturated carbocycles. The van der Waals surface area contributed by atoms with E-state index in [-0.39, 0.29) is 17.6 Å². The summed E-state index contributed by atoms with van der Waals surface area (Å²) >= 11 is 1.26. The van der Waals surface area contributed by atoms with Crippen LogP contribution in [-0.2, 0) is 20.1 Å². The second-order valence-electron chi connectivity index (χ2n) is 8.88. The second-order valence-corrected chi connectivity index (χ2v) is 9.45. The Hall–Kier alpha value is -1.97. The van der Waals surface area contributed by atoms with Crippen LogP contribution in [0.5, 0.6) is 5.75 Å². The van der Waals surface area contributed by atoms with Gasteiger partial charge in [0.1, 0.15) is 11.3 Å². The lowest BCUT2D eigenvalue weighted by atomic mass is 9.76. The number of carbonyl (C=O) groups is 1. The van der Waals surface area contributed by atoms with Crippen LogP contribution in [0.1, 0.15) is 51.9 Å². The Morgan fingerprint density at radius 3 is 2.44 bits per heavy atom. The van der Waals surface area contributed by atoms with Crippen LogP contribution in [0.4, 0.5) is 0 Å². The predicted octanol–water partition coefficient (Wildman–Crippen LogP) is 3.57. The highest BCUT2D eigenvalue weighted by molar-refractivity contribution is 7.93. The zero-order valence-electron chi connectivity index (χ0n) is 20.2. The minimum atomic E-state index is -0.648. The van der Waals surface area contributed by atoms with Gasteiger partial charge in [-0.25, -0.2) is 4.79 Å². The molecule has 9 heteroatoms. The monoisotopic (exact) mass is 462 g/mol. The van der Waals surface area contributed by atoms with Crippen LogP contribution in [0, 0.1) is 5.41 Å². The van der Waals surface area contributed by atoms with Gasteiger partial charge < -0.3 is 22.9 Å². The van der Waals surface area contributed by atoms with Crippen LogP contribution in [-0.4, -0.2) is 50.2 Å². The molecule has 0 atom stereocenters. The summed E-state index contributed by atoms with van der Waals surface area (Å²) in [6.07, 6.45) is 3.35. The van der Waals surface area contributed by atoms with Crippen molar-refractivity contribution in [3.05, 3.63) is 34.1 Å². The predicted molar refractivity (Wildman–Crippen MR) is 130 cm³/mol. The number of hydrogen-bond donors (Lipinski definition) is 0. The SMILES string of the molecule is CCOC(=O)c1cn(CCOSC)c2cc(OC)c([B]OC(C)(C)C(C)(C)C)cc2c1=O. The van der Waals surface area contributed by atoms with E-state index in [0.29, 0.717) is 35.3 Å². The zero-order valence-corrected chi connectivity index (χ0v) is 21.1. The third-order valence-corrected chi connectivity index (χ3v) is 6.15. The molecule has 175 valence electrons. The molecule has 7 nitrogen and oxygen atoms in total. The first-order chi connectivity index (χ1) is 15.0. The zero-order chi connectivity index (χ0) is 24.1. The molecule has 1 heterocycles. The lowest BCUT2D eigenvalue weighted by Crippen LogP contribution is -2.42. The van der Waals surface area contributed by atoms with E-state index >= 15 is 0 Å². The number of benzene rings is 1. The van der Waals surface area contributed by atoms with Crippen molar-refractivity contribution >= 4 is 41.9 Å². The Morgan fingerprint density at radius 1 is 1.19 bits per heavy atom. The average Bonchev–Trinajstić information content (AvgIpc) is 2.72. The third-order valence-electron chi connectivity index (χ3n) is 5.75. The highest BCUT2D eigenvalue weighted by Crippen LogP contribution is 2.32. The lowest BCUT2D eigenvalue weighted by molar-refractivity contribution is 0.00499. The van der Waals surface area contributed by atoms with E-state index in [2.05, 4.69) is 20.8 Å². The molecule has 1 aromatic heterocycles. The van der Waals surface area contributed by atoms with E-state index in [0.717, 1.165) is 0 Å². The number of hydrogen-bond acceptors (Lipinski definition) is 7. The van der Waals surface area contributed by atoms with Crippen LogP contribution in [0.2, 0.25) is 0 Å². The van der Waals surface area contributed by atoms with Crippen LogP contribution in [0.3, 0.4) is 0 Å². The molecular weight excluding hydrogens is 429 g/mol. The molecule has 0 amide bonds. The van der Waals surface area contributed by atoms with Crippen molar-refractivity contribution in [2.45, 2.75) is 53.7 Å². The van der Waals surface area contributed by atoms with Crippen molar-refractivity contribution in [3.8, 4) is 5.75 Å². The van der Waals surface area contributed by atoms with Crippen LogP contribution >= 0.6 is 12.0 Å². The first-order valence-corrected chi connectivity index (χ1v) is 11.7. The molecule has 1 aromatic carbocycles. The number of nitrogens with zero attached hydrogens (tertiary/aromatic N) is 1. The van der Waals surface area contributed by atoms with Crippen molar-refractivity contribution in [2.75, 3.05) is 26.6 Å². The van der Waals surface area contributed by atoms with Gasteiger partial charge in [-0.3, -0.25) is 4.79 Å². The van der Waals surface area contributed by atoms with Gasteiger partial charge in [0.2, 0.25) is 5.43 Å². The van der Waals surface area contributed by atoms with Gasteiger partial charge in [0.25, 0.3) is 0 Å². The Morgan fingerprint density at radius 2 is 1.88 bits per heavy atom. The molecule has 0 aliphatic rings. The number of fused-ring (bicyclic) bond motifs is 1. The van der Waals surface area contributed by atoms with Crippen LogP contribution in [0.25, 0.3) is 10.9 Å². The number of methoxy groups -OCH3 is 1. The maximum atomic E-state index is 13.2. The molecule has 0 aliphatic heterocycles. The minimum absolute atomic E-state index is 0.0180. The maximum absolute atomic E-state index is 13.2. The molecule has 0 N–H and O–H groups in total. The first-order valence-electron chi connectivity index (χ1n) is 10.6. The van der Waals surface area contributed by atoms with Gasteiger partial charge in [0.05, 0.1) is 31.4 Å². The topological polar surface area (TPSA) is 76.0 Å². The van der Waals surface area contributed by atoms with E-state index in [1.165, 1.54) is 18.2 Å². The summed E-state index contributed by atoms with van der Waals surface area (Å²) in [7, 11) is 3.18. The molecule has 0 aliphatic carbocycles. The molecule has 2 aromatic rings. The number of rotatable bonds is 10. The van der Waals surface area contributed by atoms with Crippen molar-refractivity contribution in [3.63, 3.8) is 0 Å². The summed E-state index contributed by atoms with van der Waals surface area (Å²) in [5, 5.41) is 0.379. The van der Waals surface area contributed by atoms with Crippen LogP contribution in [0.15, 0.2) is 23.1 Å². The fourth-order valence-electron chi connectivity index (χ4n) is 2.85. The van der Waals surface area contributed by atoms with E-state index in [4.69, 9.17) is 18.3 Å². The van der Waals surface area contributed by atoms with Crippen molar-refractivity contribution < 1.29 is 23.1 Å². The highest BCUT2D eigenvalue weighted by atomic mass is 32.2. The summed E-state index contributed by atoms with van der Waals surface area (Å²) in [6, 6.07) is 3.48.